The molecule has 0 amide bonds. The quantitative estimate of drug-likeness (QED) is 0.606. The van der Waals surface area contributed by atoms with E-state index in [0.29, 0.717) is 11.4 Å². The van der Waals surface area contributed by atoms with Crippen LogP contribution in [-0.4, -0.2) is 4.98 Å². The van der Waals surface area contributed by atoms with Crippen molar-refractivity contribution >= 4 is 11.4 Å². The van der Waals surface area contributed by atoms with Crippen molar-refractivity contribution in [2.24, 2.45) is 0 Å². The number of anilines is 2. The Morgan fingerprint density at radius 3 is 2.27 bits per heavy atom. The maximum atomic E-state index is 10.9. The van der Waals surface area contributed by atoms with Crippen LogP contribution in [-0.2, 0) is 0 Å². The highest BCUT2D eigenvalue weighted by Gasteiger charge is 2.00. The van der Waals surface area contributed by atoms with Crippen LogP contribution in [0.3, 0.4) is 0 Å². The Morgan fingerprint density at radius 1 is 0.933 bits per heavy atom. The molecular weight excluding hydrogens is 190 g/mol. The van der Waals surface area contributed by atoms with Crippen LogP contribution in [0, 0.1) is 0 Å². The molecule has 4 heteroatoms. The third kappa shape index (κ3) is 1.83. The number of rotatable bonds is 1. The molecule has 15 heavy (non-hydrogen) atoms. The number of nitrogens with two attached hydrogens (primary N) is 2. The van der Waals surface area contributed by atoms with Crippen LogP contribution in [0.25, 0.3) is 11.1 Å². The van der Waals surface area contributed by atoms with E-state index in [1.54, 1.807) is 24.4 Å². The maximum absolute atomic E-state index is 10.9. The van der Waals surface area contributed by atoms with Gasteiger partial charge < -0.3 is 16.5 Å². The topological polar surface area (TPSA) is 84.9 Å². The minimum absolute atomic E-state index is 0.123. The van der Waals surface area contributed by atoms with Crippen LogP contribution in [0.15, 0.2) is 41.3 Å². The standard InChI is InChI=1S/C11H11N3O/c12-9-3-1-7(5-10(9)13)8-2-4-11(15)14-6-8/h1-6H,12-13H2,(H,14,15). The molecule has 0 saturated heterocycles. The van der Waals surface area contributed by atoms with Crippen LogP contribution in [0.2, 0.25) is 0 Å². The predicted molar refractivity (Wildman–Crippen MR) is 61.3 cm³/mol. The summed E-state index contributed by atoms with van der Waals surface area (Å²) in [4.78, 5) is 13.5. The fourth-order valence-corrected chi connectivity index (χ4v) is 1.34. The SMILES string of the molecule is Nc1ccc(-c2ccc(=O)[nH]c2)cc1N. The van der Waals surface area contributed by atoms with Gasteiger partial charge in [-0.05, 0) is 29.3 Å². The number of hydrogen-bond donors (Lipinski definition) is 3. The fourth-order valence-electron chi connectivity index (χ4n) is 1.34. The molecule has 0 aliphatic carbocycles. The molecule has 2 rings (SSSR count). The normalized spacial score (nSPS) is 10.1. The van der Waals surface area contributed by atoms with Gasteiger partial charge in [0.15, 0.2) is 0 Å². The van der Waals surface area contributed by atoms with E-state index in [0.717, 1.165) is 11.1 Å². The van der Waals surface area contributed by atoms with E-state index in [4.69, 9.17) is 11.5 Å². The van der Waals surface area contributed by atoms with E-state index in [1.165, 1.54) is 6.07 Å². The average Bonchev–Trinajstić information content (AvgIpc) is 2.23. The number of pyridine rings is 1. The first kappa shape index (κ1) is 9.33. The molecule has 0 unspecified atom stereocenters. The van der Waals surface area contributed by atoms with Gasteiger partial charge in [-0.2, -0.15) is 0 Å². The zero-order valence-electron chi connectivity index (χ0n) is 8.03. The van der Waals surface area contributed by atoms with Crippen LogP contribution < -0.4 is 17.0 Å². The lowest BCUT2D eigenvalue weighted by molar-refractivity contribution is 1.24. The molecule has 0 fully saturated rings. The van der Waals surface area contributed by atoms with Gasteiger partial charge in [0.2, 0.25) is 5.56 Å². The number of nitrogens with one attached hydrogen (secondary N) is 1. The van der Waals surface area contributed by atoms with Gasteiger partial charge in [0.05, 0.1) is 11.4 Å². The Labute approximate surface area is 86.5 Å². The molecule has 1 heterocycles. The lowest BCUT2D eigenvalue weighted by Crippen LogP contribution is -2.01. The Balaban J connectivity index is 2.50. The molecule has 0 atom stereocenters. The Hall–Kier alpha value is -2.23. The van der Waals surface area contributed by atoms with Crippen molar-refractivity contribution in [2.75, 3.05) is 11.5 Å². The van der Waals surface area contributed by atoms with Gasteiger partial charge in [0.1, 0.15) is 0 Å². The summed E-state index contributed by atoms with van der Waals surface area (Å²) in [5.41, 5.74) is 14.1. The molecule has 2 aromatic rings. The Kier molecular flexibility index (Phi) is 2.17. The van der Waals surface area contributed by atoms with Crippen LogP contribution >= 0.6 is 0 Å². The number of hydrogen-bond acceptors (Lipinski definition) is 3. The van der Waals surface area contributed by atoms with E-state index in [-0.39, 0.29) is 5.56 Å². The molecule has 1 aromatic heterocycles. The number of aromatic nitrogens is 1. The summed E-state index contributed by atoms with van der Waals surface area (Å²) in [6, 6.07) is 8.60. The molecule has 5 N–H and O–H groups in total. The van der Waals surface area contributed by atoms with Crippen LogP contribution in [0.1, 0.15) is 0 Å². The van der Waals surface area contributed by atoms with Gasteiger partial charge in [-0.1, -0.05) is 6.07 Å². The van der Waals surface area contributed by atoms with E-state index in [9.17, 15) is 4.79 Å². The molecule has 0 radical (unpaired) electrons. The minimum atomic E-state index is -0.123. The summed E-state index contributed by atoms with van der Waals surface area (Å²) in [6.07, 6.45) is 1.65. The summed E-state index contributed by atoms with van der Waals surface area (Å²) in [5, 5.41) is 0. The molecule has 76 valence electrons. The molecule has 0 bridgehead atoms. The number of aromatic amines is 1. The number of H-pyrrole nitrogens is 1. The second kappa shape index (κ2) is 3.49. The van der Waals surface area contributed by atoms with E-state index >= 15 is 0 Å². The zero-order valence-corrected chi connectivity index (χ0v) is 8.03. The van der Waals surface area contributed by atoms with Gasteiger partial charge in [-0.3, -0.25) is 4.79 Å². The second-order valence-electron chi connectivity index (χ2n) is 3.29. The minimum Gasteiger partial charge on any atom is -0.397 e. The Morgan fingerprint density at radius 2 is 1.67 bits per heavy atom. The number of benzene rings is 1. The molecule has 4 nitrogen and oxygen atoms in total. The van der Waals surface area contributed by atoms with Gasteiger partial charge in [-0.25, -0.2) is 0 Å². The first-order valence-corrected chi connectivity index (χ1v) is 4.51. The molecule has 0 aliphatic heterocycles. The van der Waals surface area contributed by atoms with Crippen molar-refractivity contribution in [1.29, 1.82) is 0 Å². The smallest absolute Gasteiger partial charge is 0.247 e. The lowest BCUT2D eigenvalue weighted by atomic mass is 10.1. The predicted octanol–water partition coefficient (Wildman–Crippen LogP) is 1.21. The fraction of sp³-hybridized carbons (Fsp3) is 0. The zero-order chi connectivity index (χ0) is 10.8. The number of nitrogen functional groups attached to an aromatic ring is 2. The summed E-state index contributed by atoms with van der Waals surface area (Å²) < 4.78 is 0. The maximum Gasteiger partial charge on any atom is 0.247 e. The molecular formula is C11H11N3O. The van der Waals surface area contributed by atoms with Crippen molar-refractivity contribution in [3.63, 3.8) is 0 Å². The highest BCUT2D eigenvalue weighted by Crippen LogP contribution is 2.23. The summed E-state index contributed by atoms with van der Waals surface area (Å²) in [6.45, 7) is 0. The van der Waals surface area contributed by atoms with Crippen LogP contribution in [0.5, 0.6) is 0 Å². The summed E-state index contributed by atoms with van der Waals surface area (Å²) >= 11 is 0. The average molecular weight is 201 g/mol. The van der Waals surface area contributed by atoms with Crippen molar-refractivity contribution in [3.05, 3.63) is 46.9 Å². The largest absolute Gasteiger partial charge is 0.397 e. The van der Waals surface area contributed by atoms with Gasteiger partial charge in [0.25, 0.3) is 0 Å². The first-order chi connectivity index (χ1) is 7.16. The van der Waals surface area contributed by atoms with Gasteiger partial charge in [0, 0.05) is 12.3 Å². The van der Waals surface area contributed by atoms with Gasteiger partial charge in [-0.15, -0.1) is 0 Å². The van der Waals surface area contributed by atoms with E-state index in [2.05, 4.69) is 4.98 Å². The summed E-state index contributed by atoms with van der Waals surface area (Å²) in [5.74, 6) is 0. The highest BCUT2D eigenvalue weighted by atomic mass is 16.1. The Bertz CT molecular complexity index is 525. The van der Waals surface area contributed by atoms with Crippen molar-refractivity contribution in [3.8, 4) is 11.1 Å². The molecule has 1 aromatic carbocycles. The van der Waals surface area contributed by atoms with E-state index in [1.807, 2.05) is 6.07 Å². The third-order valence-corrected chi connectivity index (χ3v) is 2.20. The van der Waals surface area contributed by atoms with Crippen molar-refractivity contribution in [2.45, 2.75) is 0 Å². The van der Waals surface area contributed by atoms with Crippen molar-refractivity contribution < 1.29 is 0 Å². The third-order valence-electron chi connectivity index (χ3n) is 2.20. The monoisotopic (exact) mass is 201 g/mol. The molecule has 0 spiro atoms. The van der Waals surface area contributed by atoms with Gasteiger partial charge >= 0.3 is 0 Å². The van der Waals surface area contributed by atoms with Crippen LogP contribution in [0.4, 0.5) is 11.4 Å². The lowest BCUT2D eigenvalue weighted by Gasteiger charge is -2.04. The first-order valence-electron chi connectivity index (χ1n) is 4.51. The second-order valence-corrected chi connectivity index (χ2v) is 3.29. The molecule has 0 saturated carbocycles. The molecule has 0 aliphatic rings. The highest BCUT2D eigenvalue weighted by molar-refractivity contribution is 5.74. The van der Waals surface area contributed by atoms with E-state index < -0.39 is 0 Å². The summed E-state index contributed by atoms with van der Waals surface area (Å²) in [7, 11) is 0. The van der Waals surface area contributed by atoms with Crippen molar-refractivity contribution in [1.82, 2.24) is 4.98 Å².